The molecule has 2 aliphatic carbocycles. The third kappa shape index (κ3) is 3.24. The third-order valence-corrected chi connectivity index (χ3v) is 4.98. The van der Waals surface area contributed by atoms with Gasteiger partial charge in [-0.15, -0.1) is 12.4 Å². The molecule has 0 spiro atoms. The van der Waals surface area contributed by atoms with Gasteiger partial charge in [-0.05, 0) is 37.2 Å². The number of halogens is 1. The molecular formula is C17H25ClN2O. The Hall–Kier alpha value is -1.06. The Kier molecular flexibility index (Phi) is 5.28. The number of hydrogen-bond donors (Lipinski definition) is 2. The monoisotopic (exact) mass is 308 g/mol. The summed E-state index contributed by atoms with van der Waals surface area (Å²) in [5, 5.41) is 3.25. The van der Waals surface area contributed by atoms with Crippen LogP contribution in [-0.2, 0) is 10.2 Å². The van der Waals surface area contributed by atoms with E-state index in [1.54, 1.807) is 0 Å². The lowest BCUT2D eigenvalue weighted by molar-refractivity contribution is -0.127. The molecule has 1 amide bonds. The average Bonchev–Trinajstić information content (AvgIpc) is 3.21. The summed E-state index contributed by atoms with van der Waals surface area (Å²) in [7, 11) is 0. The first-order valence-electron chi connectivity index (χ1n) is 7.83. The minimum Gasteiger partial charge on any atom is -0.351 e. The summed E-state index contributed by atoms with van der Waals surface area (Å²) in [6.45, 7) is 0.557. The van der Waals surface area contributed by atoms with Crippen molar-refractivity contribution >= 4 is 18.3 Å². The number of hydrogen-bond acceptors (Lipinski definition) is 2. The van der Waals surface area contributed by atoms with Crippen LogP contribution in [0.3, 0.4) is 0 Å². The Labute approximate surface area is 133 Å². The summed E-state index contributed by atoms with van der Waals surface area (Å²) in [6, 6.07) is 10.4. The number of nitrogens with two attached hydrogens (primary N) is 1. The van der Waals surface area contributed by atoms with Gasteiger partial charge in [-0.2, -0.15) is 0 Å². The Morgan fingerprint density at radius 1 is 1.24 bits per heavy atom. The molecule has 3 nitrogen and oxygen atoms in total. The second kappa shape index (κ2) is 6.80. The molecule has 2 fully saturated rings. The normalized spacial score (nSPS) is 21.4. The minimum absolute atomic E-state index is 0. The van der Waals surface area contributed by atoms with Crippen LogP contribution in [0.4, 0.5) is 0 Å². The first-order valence-corrected chi connectivity index (χ1v) is 7.83. The van der Waals surface area contributed by atoms with E-state index in [0.29, 0.717) is 12.5 Å². The van der Waals surface area contributed by atoms with Crippen molar-refractivity contribution in [2.45, 2.75) is 50.0 Å². The Bertz CT molecular complexity index is 467. The van der Waals surface area contributed by atoms with Gasteiger partial charge in [0.05, 0.1) is 5.41 Å². The Balaban J connectivity index is 0.00000161. The summed E-state index contributed by atoms with van der Waals surface area (Å²) in [6.07, 6.45) is 6.62. The van der Waals surface area contributed by atoms with Crippen LogP contribution in [0.2, 0.25) is 0 Å². The molecule has 4 heteroatoms. The van der Waals surface area contributed by atoms with E-state index in [-0.39, 0.29) is 29.8 Å². The van der Waals surface area contributed by atoms with Crippen LogP contribution in [0.5, 0.6) is 0 Å². The predicted octanol–water partition coefficient (Wildman–Crippen LogP) is 2.77. The number of carbonyl (C=O) groups excluding carboxylic acids is 1. The number of amides is 1. The summed E-state index contributed by atoms with van der Waals surface area (Å²) >= 11 is 0. The smallest absolute Gasteiger partial charge is 0.230 e. The molecule has 2 aliphatic rings. The van der Waals surface area contributed by atoms with Crippen molar-refractivity contribution < 1.29 is 4.79 Å². The van der Waals surface area contributed by atoms with Crippen molar-refractivity contribution in [3.8, 4) is 0 Å². The van der Waals surface area contributed by atoms with Crippen LogP contribution in [-0.4, -0.2) is 18.5 Å². The highest BCUT2D eigenvalue weighted by Gasteiger charge is 2.44. The van der Waals surface area contributed by atoms with E-state index in [9.17, 15) is 4.79 Å². The van der Waals surface area contributed by atoms with Gasteiger partial charge in [0.25, 0.3) is 0 Å². The average molecular weight is 309 g/mol. The zero-order chi connectivity index (χ0) is 14.0. The SMILES string of the molecule is Cl.NCC(NC(=O)C1(c2ccccc2)CCCC1)C1CC1. The first kappa shape index (κ1) is 16.3. The summed E-state index contributed by atoms with van der Waals surface area (Å²) in [5.41, 5.74) is 6.68. The molecule has 0 radical (unpaired) electrons. The second-order valence-electron chi connectivity index (χ2n) is 6.31. The van der Waals surface area contributed by atoms with Crippen LogP contribution >= 0.6 is 12.4 Å². The molecule has 0 bridgehead atoms. The molecule has 3 rings (SSSR count). The first-order chi connectivity index (χ1) is 9.76. The van der Waals surface area contributed by atoms with E-state index < -0.39 is 0 Å². The van der Waals surface area contributed by atoms with Gasteiger partial charge in [-0.3, -0.25) is 4.79 Å². The van der Waals surface area contributed by atoms with Crippen LogP contribution in [0, 0.1) is 5.92 Å². The second-order valence-corrected chi connectivity index (χ2v) is 6.31. The van der Waals surface area contributed by atoms with E-state index in [1.807, 2.05) is 18.2 Å². The van der Waals surface area contributed by atoms with Gasteiger partial charge in [-0.25, -0.2) is 0 Å². The molecule has 0 heterocycles. The van der Waals surface area contributed by atoms with Gasteiger partial charge in [0.1, 0.15) is 0 Å². The van der Waals surface area contributed by atoms with E-state index in [1.165, 1.54) is 18.4 Å². The lowest BCUT2D eigenvalue weighted by Crippen LogP contribution is -2.50. The fourth-order valence-corrected chi connectivity index (χ4v) is 3.56. The summed E-state index contributed by atoms with van der Waals surface area (Å²) < 4.78 is 0. The molecule has 0 aromatic heterocycles. The highest BCUT2D eigenvalue weighted by atomic mass is 35.5. The maximum atomic E-state index is 12.9. The Morgan fingerprint density at radius 3 is 2.38 bits per heavy atom. The molecule has 3 N–H and O–H groups in total. The molecule has 1 aromatic carbocycles. The van der Waals surface area contributed by atoms with Crippen molar-refractivity contribution in [1.29, 1.82) is 0 Å². The zero-order valence-electron chi connectivity index (χ0n) is 12.4. The largest absolute Gasteiger partial charge is 0.351 e. The minimum atomic E-state index is -0.316. The molecule has 116 valence electrons. The summed E-state index contributed by atoms with van der Waals surface area (Å²) in [4.78, 5) is 12.9. The van der Waals surface area contributed by atoms with Crippen LogP contribution < -0.4 is 11.1 Å². The van der Waals surface area contributed by atoms with Crippen LogP contribution in [0.15, 0.2) is 30.3 Å². The van der Waals surface area contributed by atoms with Gasteiger partial charge < -0.3 is 11.1 Å². The van der Waals surface area contributed by atoms with Gasteiger partial charge in [0.2, 0.25) is 5.91 Å². The van der Waals surface area contributed by atoms with Crippen molar-refractivity contribution in [2.24, 2.45) is 11.7 Å². The number of rotatable bonds is 5. The molecule has 0 aliphatic heterocycles. The lowest BCUT2D eigenvalue weighted by Gasteiger charge is -2.30. The molecule has 2 saturated carbocycles. The fraction of sp³-hybridized carbons (Fsp3) is 0.588. The highest BCUT2D eigenvalue weighted by molar-refractivity contribution is 5.89. The highest BCUT2D eigenvalue weighted by Crippen LogP contribution is 2.42. The van der Waals surface area contributed by atoms with E-state index in [0.717, 1.165) is 25.7 Å². The topological polar surface area (TPSA) is 55.1 Å². The Morgan fingerprint density at radius 2 is 1.86 bits per heavy atom. The maximum Gasteiger partial charge on any atom is 0.230 e. The van der Waals surface area contributed by atoms with Crippen molar-refractivity contribution in [3.63, 3.8) is 0 Å². The number of benzene rings is 1. The predicted molar refractivity (Wildman–Crippen MR) is 87.5 cm³/mol. The van der Waals surface area contributed by atoms with Crippen LogP contribution in [0.1, 0.15) is 44.1 Å². The lowest BCUT2D eigenvalue weighted by atomic mass is 9.77. The standard InChI is InChI=1S/C17H24N2O.ClH/c18-12-15(13-8-9-13)19-16(20)17(10-4-5-11-17)14-6-2-1-3-7-14;/h1-3,6-7,13,15H,4-5,8-12,18H2,(H,19,20);1H. The number of carbonyl (C=O) groups is 1. The van der Waals surface area contributed by atoms with E-state index in [4.69, 9.17) is 5.73 Å². The van der Waals surface area contributed by atoms with Crippen molar-refractivity contribution in [2.75, 3.05) is 6.54 Å². The quantitative estimate of drug-likeness (QED) is 0.879. The molecular weight excluding hydrogens is 284 g/mol. The third-order valence-electron chi connectivity index (χ3n) is 4.98. The van der Waals surface area contributed by atoms with E-state index >= 15 is 0 Å². The fourth-order valence-electron chi connectivity index (χ4n) is 3.56. The zero-order valence-corrected chi connectivity index (χ0v) is 13.2. The molecule has 1 unspecified atom stereocenters. The van der Waals surface area contributed by atoms with E-state index in [2.05, 4.69) is 17.4 Å². The van der Waals surface area contributed by atoms with Gasteiger partial charge in [0, 0.05) is 12.6 Å². The summed E-state index contributed by atoms with van der Waals surface area (Å²) in [5.74, 6) is 0.807. The van der Waals surface area contributed by atoms with Gasteiger partial charge in [0.15, 0.2) is 0 Å². The van der Waals surface area contributed by atoms with Gasteiger partial charge >= 0.3 is 0 Å². The van der Waals surface area contributed by atoms with Crippen molar-refractivity contribution in [3.05, 3.63) is 35.9 Å². The number of nitrogens with one attached hydrogen (secondary N) is 1. The van der Waals surface area contributed by atoms with Crippen molar-refractivity contribution in [1.82, 2.24) is 5.32 Å². The van der Waals surface area contributed by atoms with Gasteiger partial charge in [-0.1, -0.05) is 43.2 Å². The molecule has 0 saturated heterocycles. The maximum absolute atomic E-state index is 12.9. The molecule has 1 aromatic rings. The molecule has 21 heavy (non-hydrogen) atoms. The molecule has 1 atom stereocenters. The van der Waals surface area contributed by atoms with Crippen LogP contribution in [0.25, 0.3) is 0 Å².